The van der Waals surface area contributed by atoms with Crippen LogP contribution in [0.3, 0.4) is 0 Å². The van der Waals surface area contributed by atoms with Gasteiger partial charge < -0.3 is 15.0 Å². The van der Waals surface area contributed by atoms with Crippen molar-refractivity contribution in [3.05, 3.63) is 0 Å². The normalized spacial score (nSPS) is 34.6. The summed E-state index contributed by atoms with van der Waals surface area (Å²) in [5.74, 6) is 2.05. The summed E-state index contributed by atoms with van der Waals surface area (Å²) < 4.78 is 5.60. The molecule has 3 rings (SSSR count). The molecule has 0 amide bonds. The largest absolute Gasteiger partial charge is 0.381 e. The maximum atomic E-state index is 5.60. The van der Waals surface area contributed by atoms with E-state index in [1.807, 2.05) is 0 Å². The van der Waals surface area contributed by atoms with Crippen LogP contribution in [-0.4, -0.2) is 50.8 Å². The molecule has 3 nitrogen and oxygen atoms in total. The van der Waals surface area contributed by atoms with Gasteiger partial charge in [-0.25, -0.2) is 0 Å². The molecule has 3 heteroatoms. The molecule has 2 saturated heterocycles. The van der Waals surface area contributed by atoms with Crippen molar-refractivity contribution in [3.8, 4) is 0 Å². The third kappa shape index (κ3) is 3.14. The van der Waals surface area contributed by atoms with Crippen molar-refractivity contribution in [1.82, 2.24) is 10.2 Å². The molecule has 19 heavy (non-hydrogen) atoms. The first-order chi connectivity index (χ1) is 9.31. The third-order valence-electron chi connectivity index (χ3n) is 5.66. The molecule has 110 valence electrons. The summed E-state index contributed by atoms with van der Waals surface area (Å²) in [6, 6.07) is 0. The van der Waals surface area contributed by atoms with Gasteiger partial charge >= 0.3 is 0 Å². The maximum absolute atomic E-state index is 5.60. The molecule has 0 radical (unpaired) electrons. The molecule has 1 aliphatic carbocycles. The molecule has 2 heterocycles. The summed E-state index contributed by atoms with van der Waals surface area (Å²) in [5, 5.41) is 3.60. The smallest absolute Gasteiger partial charge is 0.0472 e. The molecule has 1 N–H and O–H groups in total. The van der Waals surface area contributed by atoms with Crippen molar-refractivity contribution in [2.24, 2.45) is 17.3 Å². The number of likely N-dealkylation sites (tertiary alicyclic amines) is 1. The van der Waals surface area contributed by atoms with E-state index in [1.165, 1.54) is 58.3 Å². The van der Waals surface area contributed by atoms with Gasteiger partial charge in [0.2, 0.25) is 0 Å². The highest BCUT2D eigenvalue weighted by Gasteiger charge is 2.40. The Hall–Kier alpha value is -0.120. The van der Waals surface area contributed by atoms with Gasteiger partial charge in [0.05, 0.1) is 0 Å². The first-order valence-corrected chi connectivity index (χ1v) is 8.32. The van der Waals surface area contributed by atoms with Gasteiger partial charge in [0.1, 0.15) is 0 Å². The maximum Gasteiger partial charge on any atom is 0.0472 e. The van der Waals surface area contributed by atoms with Gasteiger partial charge in [-0.1, -0.05) is 13.3 Å². The minimum atomic E-state index is 0.479. The fraction of sp³-hybridized carbons (Fsp3) is 1.00. The number of hydrogen-bond acceptors (Lipinski definition) is 3. The van der Waals surface area contributed by atoms with Crippen LogP contribution >= 0.6 is 0 Å². The summed E-state index contributed by atoms with van der Waals surface area (Å²) in [5.41, 5.74) is 0.479. The molecule has 0 bridgehead atoms. The van der Waals surface area contributed by atoms with Crippen LogP contribution in [0.25, 0.3) is 0 Å². The van der Waals surface area contributed by atoms with Crippen LogP contribution in [-0.2, 0) is 4.74 Å². The van der Waals surface area contributed by atoms with Crippen LogP contribution in [0.4, 0.5) is 0 Å². The van der Waals surface area contributed by atoms with Crippen molar-refractivity contribution in [2.75, 3.05) is 45.9 Å². The zero-order valence-corrected chi connectivity index (χ0v) is 12.5. The van der Waals surface area contributed by atoms with Crippen LogP contribution in [0.15, 0.2) is 0 Å². The lowest BCUT2D eigenvalue weighted by Crippen LogP contribution is -2.47. The van der Waals surface area contributed by atoms with E-state index < -0.39 is 0 Å². The first kappa shape index (κ1) is 13.8. The molecule has 0 aromatic heterocycles. The van der Waals surface area contributed by atoms with Crippen molar-refractivity contribution in [1.29, 1.82) is 0 Å². The van der Waals surface area contributed by atoms with Crippen LogP contribution in [0, 0.1) is 17.3 Å². The fourth-order valence-corrected chi connectivity index (χ4v) is 4.52. The molecule has 3 fully saturated rings. The van der Waals surface area contributed by atoms with Crippen molar-refractivity contribution < 1.29 is 4.74 Å². The van der Waals surface area contributed by atoms with E-state index in [0.717, 1.165) is 31.6 Å². The van der Waals surface area contributed by atoms with Crippen LogP contribution in [0.2, 0.25) is 0 Å². The summed E-state index contributed by atoms with van der Waals surface area (Å²) in [4.78, 5) is 2.77. The lowest BCUT2D eigenvalue weighted by atomic mass is 9.79. The highest BCUT2D eigenvalue weighted by molar-refractivity contribution is 4.93. The number of nitrogens with one attached hydrogen (secondary N) is 1. The Kier molecular flexibility index (Phi) is 4.45. The molecular weight excluding hydrogens is 236 g/mol. The summed E-state index contributed by atoms with van der Waals surface area (Å²) in [6.45, 7) is 10.5. The van der Waals surface area contributed by atoms with Gasteiger partial charge in [0.15, 0.2) is 0 Å². The van der Waals surface area contributed by atoms with Crippen molar-refractivity contribution >= 4 is 0 Å². The molecule has 2 atom stereocenters. The van der Waals surface area contributed by atoms with Gasteiger partial charge in [0, 0.05) is 39.4 Å². The zero-order valence-electron chi connectivity index (χ0n) is 12.5. The first-order valence-electron chi connectivity index (χ1n) is 8.32. The van der Waals surface area contributed by atoms with Crippen LogP contribution in [0.1, 0.15) is 39.0 Å². The van der Waals surface area contributed by atoms with Gasteiger partial charge in [-0.05, 0) is 49.5 Å². The summed E-state index contributed by atoms with van der Waals surface area (Å²) >= 11 is 0. The number of ether oxygens (including phenoxy) is 1. The highest BCUT2D eigenvalue weighted by atomic mass is 16.5. The minimum absolute atomic E-state index is 0.479. The molecule has 2 aliphatic heterocycles. The molecular formula is C16H30N2O. The Balaban J connectivity index is 1.58. The lowest BCUT2D eigenvalue weighted by molar-refractivity contribution is -0.00176. The number of fused-ring (bicyclic) bond motifs is 1. The second-order valence-corrected chi connectivity index (χ2v) is 7.04. The van der Waals surface area contributed by atoms with E-state index in [2.05, 4.69) is 17.1 Å². The zero-order chi connectivity index (χ0) is 13.1. The Labute approximate surface area is 118 Å². The molecule has 1 saturated carbocycles. The predicted molar refractivity (Wildman–Crippen MR) is 78.3 cm³/mol. The van der Waals surface area contributed by atoms with Crippen molar-refractivity contribution in [3.63, 3.8) is 0 Å². The number of hydrogen-bond donors (Lipinski definition) is 1. The van der Waals surface area contributed by atoms with E-state index in [1.54, 1.807) is 0 Å². The monoisotopic (exact) mass is 266 g/mol. The summed E-state index contributed by atoms with van der Waals surface area (Å²) in [7, 11) is 0. The molecule has 3 aliphatic rings. The van der Waals surface area contributed by atoms with E-state index in [4.69, 9.17) is 4.74 Å². The highest BCUT2D eigenvalue weighted by Crippen LogP contribution is 2.40. The molecule has 0 aromatic rings. The average molecular weight is 266 g/mol. The minimum Gasteiger partial charge on any atom is -0.381 e. The third-order valence-corrected chi connectivity index (χ3v) is 5.66. The van der Waals surface area contributed by atoms with E-state index in [9.17, 15) is 0 Å². The van der Waals surface area contributed by atoms with Gasteiger partial charge in [-0.15, -0.1) is 0 Å². The van der Waals surface area contributed by atoms with E-state index in [0.29, 0.717) is 5.41 Å². The average Bonchev–Trinajstić information content (AvgIpc) is 2.98. The standard InChI is InChI=1S/C16H30N2O/c1-2-17-12-16(6-8-19-9-7-16)13-18-10-14-4-3-5-15(14)11-18/h14-15,17H,2-13H2,1H3. The summed E-state index contributed by atoms with van der Waals surface area (Å²) in [6.07, 6.45) is 6.95. The van der Waals surface area contributed by atoms with Crippen LogP contribution in [0.5, 0.6) is 0 Å². The second-order valence-electron chi connectivity index (χ2n) is 7.04. The number of nitrogens with zero attached hydrogens (tertiary/aromatic N) is 1. The number of rotatable bonds is 5. The van der Waals surface area contributed by atoms with Gasteiger partial charge in [0.25, 0.3) is 0 Å². The predicted octanol–water partition coefficient (Wildman–Crippen LogP) is 2.12. The van der Waals surface area contributed by atoms with Gasteiger partial charge in [-0.2, -0.15) is 0 Å². The molecule has 0 spiro atoms. The Bertz CT molecular complexity index is 276. The Morgan fingerprint density at radius 2 is 1.84 bits per heavy atom. The Morgan fingerprint density at radius 3 is 2.47 bits per heavy atom. The van der Waals surface area contributed by atoms with Crippen molar-refractivity contribution in [2.45, 2.75) is 39.0 Å². The van der Waals surface area contributed by atoms with Crippen LogP contribution < -0.4 is 5.32 Å². The SMILES string of the molecule is CCNCC1(CN2CC3CCCC3C2)CCOCC1. The van der Waals surface area contributed by atoms with E-state index >= 15 is 0 Å². The van der Waals surface area contributed by atoms with E-state index in [-0.39, 0.29) is 0 Å². The lowest BCUT2D eigenvalue weighted by Gasteiger charge is -2.40. The molecule has 0 aromatic carbocycles. The second kappa shape index (κ2) is 6.11. The fourth-order valence-electron chi connectivity index (χ4n) is 4.52. The quantitative estimate of drug-likeness (QED) is 0.825. The van der Waals surface area contributed by atoms with Gasteiger partial charge in [-0.3, -0.25) is 0 Å². The molecule has 2 unspecified atom stereocenters. The Morgan fingerprint density at radius 1 is 1.16 bits per heavy atom. The topological polar surface area (TPSA) is 24.5 Å².